The first-order valence-corrected chi connectivity index (χ1v) is 8.66. The third kappa shape index (κ3) is 5.03. The highest BCUT2D eigenvalue weighted by molar-refractivity contribution is 9.10. The van der Waals surface area contributed by atoms with Crippen molar-refractivity contribution in [3.8, 4) is 0 Å². The third-order valence-electron chi connectivity index (χ3n) is 3.64. The fourth-order valence-corrected chi connectivity index (χ4v) is 2.97. The molecule has 0 saturated carbocycles. The monoisotopic (exact) mass is 383 g/mol. The van der Waals surface area contributed by atoms with Crippen LogP contribution >= 0.6 is 15.9 Å². The van der Waals surface area contributed by atoms with Gasteiger partial charge in [-0.1, -0.05) is 15.9 Å². The Balaban J connectivity index is 2.01. The highest BCUT2D eigenvalue weighted by Gasteiger charge is 2.30. The molecular formula is C17H26BrN3O2. The number of halogens is 1. The van der Waals surface area contributed by atoms with Gasteiger partial charge in [-0.05, 0) is 45.4 Å². The summed E-state index contributed by atoms with van der Waals surface area (Å²) >= 11 is 3.52. The van der Waals surface area contributed by atoms with Gasteiger partial charge in [-0.2, -0.15) is 0 Å². The fourth-order valence-electron chi connectivity index (χ4n) is 2.60. The Morgan fingerprint density at radius 2 is 2.09 bits per heavy atom. The van der Waals surface area contributed by atoms with Crippen LogP contribution in [0.5, 0.6) is 0 Å². The molecule has 6 heteroatoms. The van der Waals surface area contributed by atoms with Crippen LogP contribution in [0.15, 0.2) is 22.7 Å². The van der Waals surface area contributed by atoms with E-state index in [0.717, 1.165) is 28.8 Å². The van der Waals surface area contributed by atoms with Crippen LogP contribution in [-0.4, -0.2) is 49.8 Å². The first-order chi connectivity index (χ1) is 10.7. The zero-order valence-electron chi connectivity index (χ0n) is 14.5. The van der Waals surface area contributed by atoms with Gasteiger partial charge in [-0.3, -0.25) is 0 Å². The first-order valence-electron chi connectivity index (χ1n) is 7.87. The summed E-state index contributed by atoms with van der Waals surface area (Å²) in [6.45, 7) is 7.05. The summed E-state index contributed by atoms with van der Waals surface area (Å²) in [6, 6.07) is 6.41. The van der Waals surface area contributed by atoms with Gasteiger partial charge in [-0.15, -0.1) is 0 Å². The molecule has 0 aliphatic carbocycles. The Labute approximate surface area is 147 Å². The topological polar surface area (TPSA) is 44.8 Å². The molecule has 1 amide bonds. The quantitative estimate of drug-likeness (QED) is 0.858. The van der Waals surface area contributed by atoms with Gasteiger partial charge >= 0.3 is 6.09 Å². The first kappa shape index (κ1) is 17.9. The summed E-state index contributed by atoms with van der Waals surface area (Å²) in [7, 11) is 4.05. The second-order valence-electron chi connectivity index (χ2n) is 7.11. The van der Waals surface area contributed by atoms with Crippen molar-refractivity contribution in [1.82, 2.24) is 4.90 Å². The maximum Gasteiger partial charge on any atom is 0.410 e. The average Bonchev–Trinajstić information content (AvgIpc) is 2.85. The van der Waals surface area contributed by atoms with Crippen LogP contribution < -0.4 is 10.2 Å². The van der Waals surface area contributed by atoms with E-state index in [1.165, 1.54) is 0 Å². The van der Waals surface area contributed by atoms with E-state index in [4.69, 9.17) is 4.74 Å². The second-order valence-corrected chi connectivity index (χ2v) is 8.03. The lowest BCUT2D eigenvalue weighted by Crippen LogP contribution is -2.36. The summed E-state index contributed by atoms with van der Waals surface area (Å²) in [6.07, 6.45) is 0.683. The van der Waals surface area contributed by atoms with Crippen LogP contribution in [0.4, 0.5) is 16.2 Å². The summed E-state index contributed by atoms with van der Waals surface area (Å²) < 4.78 is 6.48. The van der Waals surface area contributed by atoms with Crippen LogP contribution in [0.25, 0.3) is 0 Å². The van der Waals surface area contributed by atoms with Gasteiger partial charge in [-0.25, -0.2) is 4.79 Å². The predicted molar refractivity (Wildman–Crippen MR) is 98.3 cm³/mol. The average molecular weight is 384 g/mol. The van der Waals surface area contributed by atoms with E-state index in [9.17, 15) is 4.79 Å². The molecule has 1 aliphatic rings. The molecule has 128 valence electrons. The molecular weight excluding hydrogens is 358 g/mol. The number of hydrogen-bond donors (Lipinski definition) is 1. The third-order valence-corrected chi connectivity index (χ3v) is 4.13. The van der Waals surface area contributed by atoms with Crippen LogP contribution in [-0.2, 0) is 4.74 Å². The van der Waals surface area contributed by atoms with Gasteiger partial charge in [0.1, 0.15) is 5.60 Å². The van der Waals surface area contributed by atoms with Crippen LogP contribution in [0.3, 0.4) is 0 Å². The molecule has 1 N–H and O–H groups in total. The summed E-state index contributed by atoms with van der Waals surface area (Å²) in [5.74, 6) is 0. The molecule has 23 heavy (non-hydrogen) atoms. The number of hydrogen-bond acceptors (Lipinski definition) is 4. The van der Waals surface area contributed by atoms with E-state index in [1.807, 2.05) is 40.9 Å². The fraction of sp³-hybridized carbons (Fsp3) is 0.588. The summed E-state index contributed by atoms with van der Waals surface area (Å²) in [4.78, 5) is 16.0. The van der Waals surface area contributed by atoms with Crippen molar-refractivity contribution in [1.29, 1.82) is 0 Å². The molecule has 1 unspecified atom stereocenters. The van der Waals surface area contributed by atoms with Crippen molar-refractivity contribution in [2.45, 2.75) is 38.8 Å². The maximum atomic E-state index is 12.1. The Kier molecular flexibility index (Phi) is 5.45. The molecule has 1 aromatic carbocycles. The number of nitrogens with zero attached hydrogens (tertiary/aromatic N) is 2. The Bertz CT molecular complexity index is 569. The van der Waals surface area contributed by atoms with E-state index < -0.39 is 5.60 Å². The molecule has 0 aromatic heterocycles. The van der Waals surface area contributed by atoms with E-state index in [0.29, 0.717) is 6.54 Å². The lowest BCUT2D eigenvalue weighted by Gasteiger charge is -2.25. The van der Waals surface area contributed by atoms with Gasteiger partial charge in [0.2, 0.25) is 0 Å². The highest BCUT2D eigenvalue weighted by Crippen LogP contribution is 2.30. The SMILES string of the molecule is CN(C)c1ccc(Br)cc1NC1CCN(C(=O)OC(C)(C)C)C1. The zero-order chi connectivity index (χ0) is 17.2. The Morgan fingerprint density at radius 1 is 1.39 bits per heavy atom. The van der Waals surface area contributed by atoms with Crippen molar-refractivity contribution in [2.75, 3.05) is 37.4 Å². The number of likely N-dealkylation sites (tertiary alicyclic amines) is 1. The zero-order valence-corrected chi connectivity index (χ0v) is 16.1. The Hall–Kier alpha value is -1.43. The molecule has 1 saturated heterocycles. The molecule has 5 nitrogen and oxygen atoms in total. The molecule has 1 fully saturated rings. The number of nitrogens with one attached hydrogen (secondary N) is 1. The summed E-state index contributed by atoms with van der Waals surface area (Å²) in [5, 5.41) is 3.56. The standard InChI is InChI=1S/C17H26BrN3O2/c1-17(2,3)23-16(22)21-9-8-13(11-21)19-14-10-12(18)6-7-15(14)20(4)5/h6-7,10,13,19H,8-9,11H2,1-5H3. The predicted octanol–water partition coefficient (Wildman–Crippen LogP) is 3.94. The minimum atomic E-state index is -0.453. The smallest absolute Gasteiger partial charge is 0.410 e. The van der Waals surface area contributed by atoms with E-state index in [-0.39, 0.29) is 12.1 Å². The molecule has 1 aromatic rings. The van der Waals surface area contributed by atoms with Crippen molar-refractivity contribution in [2.24, 2.45) is 0 Å². The van der Waals surface area contributed by atoms with E-state index >= 15 is 0 Å². The number of carbonyl (C=O) groups excluding carboxylic acids is 1. The van der Waals surface area contributed by atoms with Crippen molar-refractivity contribution in [3.63, 3.8) is 0 Å². The van der Waals surface area contributed by atoms with Gasteiger partial charge in [0.15, 0.2) is 0 Å². The van der Waals surface area contributed by atoms with Crippen LogP contribution in [0.2, 0.25) is 0 Å². The Morgan fingerprint density at radius 3 is 2.70 bits per heavy atom. The molecule has 1 aliphatic heterocycles. The minimum absolute atomic E-state index is 0.232. The number of amides is 1. The number of rotatable bonds is 3. The molecule has 1 heterocycles. The number of benzene rings is 1. The van der Waals surface area contributed by atoms with Gasteiger partial charge in [0.05, 0.1) is 11.4 Å². The van der Waals surface area contributed by atoms with Crippen molar-refractivity contribution < 1.29 is 9.53 Å². The molecule has 2 rings (SSSR count). The van der Waals surface area contributed by atoms with E-state index in [2.05, 4.69) is 38.3 Å². The number of carbonyl (C=O) groups is 1. The lowest BCUT2D eigenvalue weighted by molar-refractivity contribution is 0.0293. The number of ether oxygens (including phenoxy) is 1. The molecule has 0 spiro atoms. The van der Waals surface area contributed by atoms with Gasteiger partial charge in [0.25, 0.3) is 0 Å². The van der Waals surface area contributed by atoms with E-state index in [1.54, 1.807) is 4.90 Å². The van der Waals surface area contributed by atoms with Gasteiger partial charge < -0.3 is 19.9 Å². The molecule has 1 atom stereocenters. The second kappa shape index (κ2) is 6.99. The van der Waals surface area contributed by atoms with Gasteiger partial charge in [0, 0.05) is 37.7 Å². The largest absolute Gasteiger partial charge is 0.444 e. The van der Waals surface area contributed by atoms with Crippen LogP contribution in [0, 0.1) is 0 Å². The minimum Gasteiger partial charge on any atom is -0.444 e. The number of anilines is 2. The summed E-state index contributed by atoms with van der Waals surface area (Å²) in [5.41, 5.74) is 1.75. The molecule has 0 bridgehead atoms. The van der Waals surface area contributed by atoms with Crippen molar-refractivity contribution in [3.05, 3.63) is 22.7 Å². The highest BCUT2D eigenvalue weighted by atomic mass is 79.9. The molecule has 0 radical (unpaired) electrons. The lowest BCUT2D eigenvalue weighted by atomic mass is 10.2. The van der Waals surface area contributed by atoms with Crippen LogP contribution in [0.1, 0.15) is 27.2 Å². The maximum absolute atomic E-state index is 12.1. The normalized spacial score (nSPS) is 18.0. The van der Waals surface area contributed by atoms with Crippen molar-refractivity contribution >= 4 is 33.4 Å².